The lowest BCUT2D eigenvalue weighted by Crippen LogP contribution is -2.32. The summed E-state index contributed by atoms with van der Waals surface area (Å²) in [4.78, 5) is 14.8. The molecule has 0 spiro atoms. The van der Waals surface area contributed by atoms with E-state index >= 15 is 0 Å². The Hall–Kier alpha value is -2.54. The van der Waals surface area contributed by atoms with E-state index in [1.54, 1.807) is 31.4 Å². The van der Waals surface area contributed by atoms with E-state index in [0.29, 0.717) is 17.8 Å². The maximum absolute atomic E-state index is 13.0. The summed E-state index contributed by atoms with van der Waals surface area (Å²) in [6.45, 7) is 0.511. The van der Waals surface area contributed by atoms with Crippen molar-refractivity contribution in [1.82, 2.24) is 4.90 Å². The van der Waals surface area contributed by atoms with E-state index in [4.69, 9.17) is 4.74 Å². The van der Waals surface area contributed by atoms with Crippen molar-refractivity contribution in [2.45, 2.75) is 25.4 Å². The van der Waals surface area contributed by atoms with Gasteiger partial charge >= 0.3 is 0 Å². The first-order valence-corrected chi connectivity index (χ1v) is 10.3. The van der Waals surface area contributed by atoms with Gasteiger partial charge in [0.15, 0.2) is 0 Å². The molecule has 0 radical (unpaired) electrons. The average molecular weight is 374 g/mol. The number of hydrogen-bond acceptors (Lipinski definition) is 4. The minimum atomic E-state index is -3.39. The van der Waals surface area contributed by atoms with Crippen LogP contribution in [-0.2, 0) is 16.6 Å². The number of methoxy groups -OCH3 is 1. The Morgan fingerprint density at radius 2 is 1.88 bits per heavy atom. The highest BCUT2D eigenvalue weighted by atomic mass is 32.2. The number of nitrogens with zero attached hydrogens (tertiary/aromatic N) is 1. The van der Waals surface area contributed by atoms with Gasteiger partial charge in [-0.15, -0.1) is 0 Å². The SMILES string of the molecule is COc1ccc(CN(C(=O)c2cccc(NS(C)(=O)=O)c2)C2CC2)cc1. The van der Waals surface area contributed by atoms with Gasteiger partial charge in [-0.05, 0) is 48.7 Å². The second-order valence-corrected chi connectivity index (χ2v) is 8.22. The second kappa shape index (κ2) is 7.37. The zero-order chi connectivity index (χ0) is 18.7. The van der Waals surface area contributed by atoms with Crippen molar-refractivity contribution < 1.29 is 17.9 Å². The van der Waals surface area contributed by atoms with E-state index in [2.05, 4.69) is 4.72 Å². The molecule has 7 heteroatoms. The summed E-state index contributed by atoms with van der Waals surface area (Å²) >= 11 is 0. The maximum atomic E-state index is 13.0. The number of anilines is 1. The summed E-state index contributed by atoms with van der Waals surface area (Å²) in [5.74, 6) is 0.679. The Morgan fingerprint density at radius 3 is 2.46 bits per heavy atom. The van der Waals surface area contributed by atoms with Gasteiger partial charge in [-0.1, -0.05) is 18.2 Å². The molecule has 0 bridgehead atoms. The number of sulfonamides is 1. The molecule has 2 aromatic carbocycles. The van der Waals surface area contributed by atoms with Crippen LogP contribution in [0, 0.1) is 0 Å². The van der Waals surface area contributed by atoms with Gasteiger partial charge in [-0.25, -0.2) is 8.42 Å². The standard InChI is InChI=1S/C19H22N2O4S/c1-25-18-10-6-14(7-11-18)13-21(17-8-9-17)19(22)15-4-3-5-16(12-15)20-26(2,23)24/h3-7,10-12,17,20H,8-9,13H2,1-2H3. The number of hydrogen-bond donors (Lipinski definition) is 1. The van der Waals surface area contributed by atoms with E-state index < -0.39 is 10.0 Å². The smallest absolute Gasteiger partial charge is 0.254 e. The summed E-state index contributed by atoms with van der Waals surface area (Å²) in [6.07, 6.45) is 3.06. The van der Waals surface area contributed by atoms with E-state index in [9.17, 15) is 13.2 Å². The fraction of sp³-hybridized carbons (Fsp3) is 0.316. The molecule has 3 rings (SSSR count). The van der Waals surface area contributed by atoms with Crippen molar-refractivity contribution in [1.29, 1.82) is 0 Å². The van der Waals surface area contributed by atoms with Crippen LogP contribution in [0.5, 0.6) is 5.75 Å². The van der Waals surface area contributed by atoms with Gasteiger partial charge in [0.2, 0.25) is 10.0 Å². The topological polar surface area (TPSA) is 75.7 Å². The molecule has 0 aromatic heterocycles. The highest BCUT2D eigenvalue weighted by Crippen LogP contribution is 2.30. The number of benzene rings is 2. The number of rotatable bonds is 7. The number of amides is 1. The Morgan fingerprint density at radius 1 is 1.19 bits per heavy atom. The molecule has 1 amide bonds. The predicted molar refractivity (Wildman–Crippen MR) is 101 cm³/mol. The molecule has 1 fully saturated rings. The molecule has 0 atom stereocenters. The van der Waals surface area contributed by atoms with Gasteiger partial charge in [0.05, 0.1) is 13.4 Å². The fourth-order valence-corrected chi connectivity index (χ4v) is 3.33. The van der Waals surface area contributed by atoms with Gasteiger partial charge in [0.25, 0.3) is 5.91 Å². The molecule has 0 saturated heterocycles. The van der Waals surface area contributed by atoms with E-state index in [0.717, 1.165) is 30.4 Å². The molecule has 1 N–H and O–H groups in total. The zero-order valence-corrected chi connectivity index (χ0v) is 15.6. The summed E-state index contributed by atoms with van der Waals surface area (Å²) in [6, 6.07) is 14.5. The van der Waals surface area contributed by atoms with Crippen LogP contribution in [0.2, 0.25) is 0 Å². The third-order valence-corrected chi connectivity index (χ3v) is 4.78. The molecule has 0 aliphatic heterocycles. The van der Waals surface area contributed by atoms with Crippen molar-refractivity contribution in [3.63, 3.8) is 0 Å². The van der Waals surface area contributed by atoms with Crippen LogP contribution in [-0.4, -0.2) is 38.6 Å². The average Bonchev–Trinajstić information content (AvgIpc) is 3.43. The first kappa shape index (κ1) is 18.3. The molecule has 0 unspecified atom stereocenters. The first-order chi connectivity index (χ1) is 12.4. The molecule has 0 heterocycles. The zero-order valence-electron chi connectivity index (χ0n) is 14.8. The van der Waals surface area contributed by atoms with Crippen molar-refractivity contribution in [2.75, 3.05) is 18.1 Å². The number of nitrogens with one attached hydrogen (secondary N) is 1. The minimum Gasteiger partial charge on any atom is -0.497 e. The molecule has 138 valence electrons. The van der Waals surface area contributed by atoms with Gasteiger partial charge < -0.3 is 9.64 Å². The quantitative estimate of drug-likeness (QED) is 0.809. The van der Waals surface area contributed by atoms with E-state index in [1.807, 2.05) is 29.2 Å². The van der Waals surface area contributed by atoms with Crippen LogP contribution in [0.1, 0.15) is 28.8 Å². The van der Waals surface area contributed by atoms with Crippen LogP contribution in [0.3, 0.4) is 0 Å². The van der Waals surface area contributed by atoms with Crippen LogP contribution in [0.4, 0.5) is 5.69 Å². The summed E-state index contributed by atoms with van der Waals surface area (Å²) in [5.41, 5.74) is 1.88. The maximum Gasteiger partial charge on any atom is 0.254 e. The largest absolute Gasteiger partial charge is 0.497 e. The molecule has 1 aliphatic carbocycles. The fourth-order valence-electron chi connectivity index (χ4n) is 2.78. The van der Waals surface area contributed by atoms with Gasteiger partial charge in [-0.2, -0.15) is 0 Å². The third kappa shape index (κ3) is 4.76. The van der Waals surface area contributed by atoms with E-state index in [-0.39, 0.29) is 11.9 Å². The number of ether oxygens (including phenoxy) is 1. The molecule has 6 nitrogen and oxygen atoms in total. The van der Waals surface area contributed by atoms with Crippen LogP contribution in [0.25, 0.3) is 0 Å². The van der Waals surface area contributed by atoms with Crippen molar-refractivity contribution in [3.8, 4) is 5.75 Å². The van der Waals surface area contributed by atoms with Crippen molar-refractivity contribution in [3.05, 3.63) is 59.7 Å². The molecule has 26 heavy (non-hydrogen) atoms. The van der Waals surface area contributed by atoms with Crippen molar-refractivity contribution >= 4 is 21.6 Å². The highest BCUT2D eigenvalue weighted by Gasteiger charge is 2.33. The van der Waals surface area contributed by atoms with Gasteiger partial charge in [0, 0.05) is 23.8 Å². The minimum absolute atomic E-state index is 0.0968. The Kier molecular flexibility index (Phi) is 5.18. The lowest BCUT2D eigenvalue weighted by atomic mass is 10.1. The number of carbonyl (C=O) groups is 1. The molecular weight excluding hydrogens is 352 g/mol. The van der Waals surface area contributed by atoms with Crippen LogP contribution in [0.15, 0.2) is 48.5 Å². The molecule has 2 aromatic rings. The Labute approximate surface area is 153 Å². The number of carbonyl (C=O) groups excluding carboxylic acids is 1. The summed E-state index contributed by atoms with van der Waals surface area (Å²) in [5, 5.41) is 0. The lowest BCUT2D eigenvalue weighted by molar-refractivity contribution is 0.0730. The molecule has 1 aliphatic rings. The molecular formula is C19H22N2O4S. The normalized spacial score (nSPS) is 13.9. The summed E-state index contributed by atoms with van der Waals surface area (Å²) < 4.78 is 30.4. The van der Waals surface area contributed by atoms with E-state index in [1.165, 1.54) is 0 Å². The third-order valence-electron chi connectivity index (χ3n) is 4.17. The second-order valence-electron chi connectivity index (χ2n) is 6.47. The Balaban J connectivity index is 1.79. The van der Waals surface area contributed by atoms with Crippen molar-refractivity contribution in [2.24, 2.45) is 0 Å². The molecule has 1 saturated carbocycles. The first-order valence-electron chi connectivity index (χ1n) is 8.37. The van der Waals surface area contributed by atoms with Crippen LogP contribution < -0.4 is 9.46 Å². The van der Waals surface area contributed by atoms with Gasteiger partial charge in [0.1, 0.15) is 5.75 Å². The van der Waals surface area contributed by atoms with Crippen LogP contribution >= 0.6 is 0 Å². The lowest BCUT2D eigenvalue weighted by Gasteiger charge is -2.23. The predicted octanol–water partition coefficient (Wildman–Crippen LogP) is 2.87. The highest BCUT2D eigenvalue weighted by molar-refractivity contribution is 7.92. The summed E-state index contributed by atoms with van der Waals surface area (Å²) in [7, 11) is -1.77. The monoisotopic (exact) mass is 374 g/mol. The Bertz CT molecular complexity index is 890. The van der Waals surface area contributed by atoms with Gasteiger partial charge in [-0.3, -0.25) is 9.52 Å².